The number of rotatable bonds is 6. The Morgan fingerprint density at radius 2 is 0.835 bits per heavy atom. The summed E-state index contributed by atoms with van der Waals surface area (Å²) in [5.74, 6) is -3.22. The molecule has 0 saturated carbocycles. The number of nitrogens with zero attached hydrogens (tertiary/aromatic N) is 5. The van der Waals surface area contributed by atoms with Gasteiger partial charge in [0.05, 0.1) is 83.8 Å². The summed E-state index contributed by atoms with van der Waals surface area (Å²) >= 11 is 0. The van der Waals surface area contributed by atoms with Gasteiger partial charge in [-0.3, -0.25) is 28.8 Å². The number of aliphatic hydroxyl groups is 6. The number of carbonyl (C=O) groups excluding carboxylic acids is 8. The van der Waals surface area contributed by atoms with Crippen LogP contribution in [0.25, 0.3) is 18.2 Å². The van der Waals surface area contributed by atoms with Crippen molar-refractivity contribution in [3.63, 3.8) is 0 Å². The number of allylic oxidation sites excluding steroid dienone is 4. The quantitative estimate of drug-likeness (QED) is 0.0393. The first kappa shape index (κ1) is 108. The number of azo groups is 1. The molecular formula is C85H125K2N5O23. The number of aliphatic hydroxyl groups excluding tert-OH is 6. The van der Waals surface area contributed by atoms with Crippen molar-refractivity contribution in [1.82, 2.24) is 15.0 Å². The molecule has 2 saturated heterocycles. The number of amides is 2. The summed E-state index contributed by atoms with van der Waals surface area (Å²) in [5.41, 5.74) is 2.50. The minimum absolute atomic E-state index is 0. The molecule has 28 nitrogen and oxygen atoms in total. The molecular weight excluding hydrogens is 1540 g/mol. The normalized spacial score (nSPS) is 31.2. The maximum atomic E-state index is 13.2. The number of hydrogen-bond acceptors (Lipinski definition) is 26. The maximum absolute atomic E-state index is 13.2. The Bertz CT molecular complexity index is 3880. The first-order valence-electron chi connectivity index (χ1n) is 38.6. The fourth-order valence-electron chi connectivity index (χ4n) is 13.6. The van der Waals surface area contributed by atoms with Crippen molar-refractivity contribution in [3.05, 3.63) is 119 Å². The Morgan fingerprint density at radius 3 is 1.18 bits per heavy atom. The van der Waals surface area contributed by atoms with Crippen molar-refractivity contribution in [2.24, 2.45) is 62.0 Å². The summed E-state index contributed by atoms with van der Waals surface area (Å²) in [7, 11) is 0. The van der Waals surface area contributed by atoms with Crippen LogP contribution in [0.4, 0.5) is 9.59 Å². The van der Waals surface area contributed by atoms with Crippen LogP contribution in [0.15, 0.2) is 108 Å². The number of esters is 3. The van der Waals surface area contributed by atoms with E-state index in [1.165, 1.54) is 11.8 Å². The third-order valence-corrected chi connectivity index (χ3v) is 21.9. The third kappa shape index (κ3) is 34.8. The van der Waals surface area contributed by atoms with Crippen molar-refractivity contribution in [2.75, 3.05) is 0 Å². The van der Waals surface area contributed by atoms with Crippen LogP contribution in [-0.2, 0) is 47.7 Å². The summed E-state index contributed by atoms with van der Waals surface area (Å²) in [4.78, 5) is 109. The number of Topliss-reactive ketones (excluding diaryl/α,β-unsaturated/α-hetero) is 3. The van der Waals surface area contributed by atoms with Crippen LogP contribution in [0.5, 0.6) is 0 Å². The minimum atomic E-state index is -1.91. The fourth-order valence-corrected chi connectivity index (χ4v) is 13.6. The van der Waals surface area contributed by atoms with Gasteiger partial charge in [0.2, 0.25) is 0 Å². The van der Waals surface area contributed by atoms with E-state index < -0.39 is 119 Å². The molecule has 7 rings (SSSR count). The van der Waals surface area contributed by atoms with E-state index >= 15 is 0 Å². The van der Waals surface area contributed by atoms with E-state index in [-0.39, 0.29) is 169 Å². The summed E-state index contributed by atoms with van der Waals surface area (Å²) in [6.07, 6.45) is 12.3. The number of cyclic esters (lactones) is 3. The van der Waals surface area contributed by atoms with Crippen LogP contribution in [-0.4, -0.2) is 160 Å². The minimum Gasteiger partial charge on any atom is -0.527 e. The number of fused-ring (bicyclic) bond motifs is 1. The van der Waals surface area contributed by atoms with E-state index in [1.807, 2.05) is 85.8 Å². The molecule has 2 amide bonds. The fraction of sp³-hybridized carbons (Fsp3) is 0.635. The molecule has 0 aliphatic carbocycles. The van der Waals surface area contributed by atoms with Gasteiger partial charge in [-0.2, -0.15) is 0 Å². The van der Waals surface area contributed by atoms with Crippen LogP contribution < -0.4 is 113 Å². The van der Waals surface area contributed by atoms with Crippen molar-refractivity contribution in [3.8, 4) is 0 Å². The van der Waals surface area contributed by atoms with Gasteiger partial charge in [-0.25, -0.2) is 15.0 Å². The van der Waals surface area contributed by atoms with Gasteiger partial charge >= 0.3 is 121 Å². The molecule has 115 heavy (non-hydrogen) atoms. The summed E-state index contributed by atoms with van der Waals surface area (Å²) in [5, 5.41) is 87.4. The summed E-state index contributed by atoms with van der Waals surface area (Å²) in [6.45, 7) is 43.4. The molecule has 0 radical (unpaired) electrons. The Balaban J connectivity index is 0.000000806. The molecule has 0 aromatic carbocycles. The molecule has 0 spiro atoms. The van der Waals surface area contributed by atoms with Crippen LogP contribution in [0, 0.1) is 72.5 Å². The van der Waals surface area contributed by atoms with Gasteiger partial charge in [-0.05, 0) is 133 Å². The maximum Gasteiger partial charge on any atom is 1.00 e. The molecule has 30 heteroatoms. The van der Waals surface area contributed by atoms with Crippen LogP contribution in [0.3, 0.4) is 0 Å². The Hall–Kier alpha value is -5.24. The zero-order chi connectivity index (χ0) is 86.0. The van der Waals surface area contributed by atoms with E-state index in [0.29, 0.717) is 60.4 Å². The second kappa shape index (κ2) is 50.1. The molecule has 7 heterocycles. The van der Waals surface area contributed by atoms with Crippen LogP contribution in [0.2, 0.25) is 0 Å². The SMILES string of the molecule is C/C(=C\c1coc(C)n1)[C@@H]1CC2OC2(C)CCC[C@H](C)[C@H](O)[C@@H](C)C(=O)C(C)(C)[C@@H](O)CC(=O)O1.C/C1=C/C[C@@H](/C(C)=C/c2coc(C)n2)OC(=O)C[C@H](O)C(C)(C)C(=O)[C@H](C)[C@@H](O)[C@@H](C)CCC1.C=C.CC1=C/C[C@@H](/C(C)=C/c2coc(C)n2)OC(=O)C[C@H](O)C(C)(C)C(=O)[C@H](C)[C@@H](O)[C@@H](C)C\C=C\1.O=C([O-])N=NC(=O)[O-].[K+].[K+]. The second-order valence-corrected chi connectivity index (χ2v) is 32.4. The predicted molar refractivity (Wildman–Crippen MR) is 419 cm³/mol. The number of ketones is 3. The smallest absolute Gasteiger partial charge is 0.527 e. The van der Waals surface area contributed by atoms with Gasteiger partial charge in [0.15, 0.2) is 29.9 Å². The van der Waals surface area contributed by atoms with Crippen LogP contribution in [0.1, 0.15) is 243 Å². The second-order valence-electron chi connectivity index (χ2n) is 32.4. The van der Waals surface area contributed by atoms with Crippen molar-refractivity contribution in [1.29, 1.82) is 0 Å². The van der Waals surface area contributed by atoms with Gasteiger partial charge in [-0.1, -0.05) is 125 Å². The van der Waals surface area contributed by atoms with Gasteiger partial charge in [0.25, 0.3) is 0 Å². The van der Waals surface area contributed by atoms with E-state index in [9.17, 15) is 79.2 Å². The Labute approximate surface area is 763 Å². The monoisotopic (exact) mass is 1660 g/mol. The topological polar surface area (TPSA) is 447 Å². The standard InChI is InChI=1S/C27H41NO7.C27H41NO6.C27H39NO6.C2H2N2O4.C2H4.2K/c1-15-9-8-10-27(7)22(35-27)12-20(16(2)11-19-14-33-18(4)28-19)34-23(30)13-21(29)26(5,6)25(32)17(3)24(15)31;2*1-16-9-8-10-17(2)25(31)19(4)26(32)27(6,7)23(29)14-24(30)34-22(12-11-16)18(3)13-21-15-33-20(5)28-21;5-1(6)3-4-2(7)8;1-2;;/h11,14-15,17,20-22,24,29,31H,8-10,12-13H2,1-7H3;11,13,15,17,19,22-23,25,29,31H,8-10,12,14H2,1-7H3;8-9,11,13,15,17,19,22-23,25,29,31H,10,12,14H2,1-7H3;(H,5,6)(H,7,8);1-2H2;;/q;;;;;2*+1/p-2/b16-11+;16-11-,18-13+;9-8+,16-11-,18-13+;;;;/t15-,17+,20-,21-,22?,24-,27?;2*17-,19+,22-,23-,25-;;;;/m000..../s1. The van der Waals surface area contributed by atoms with E-state index in [1.54, 1.807) is 102 Å². The van der Waals surface area contributed by atoms with Crippen molar-refractivity contribution >= 4 is 65.7 Å². The van der Waals surface area contributed by atoms with Crippen molar-refractivity contribution in [2.45, 2.75) is 296 Å². The summed E-state index contributed by atoms with van der Waals surface area (Å²) in [6, 6.07) is 0. The van der Waals surface area contributed by atoms with Crippen molar-refractivity contribution < 1.29 is 214 Å². The Morgan fingerprint density at radius 1 is 0.504 bits per heavy atom. The number of hydrogen-bond donors (Lipinski definition) is 6. The van der Waals surface area contributed by atoms with E-state index in [4.69, 9.17) is 32.2 Å². The van der Waals surface area contributed by atoms with Gasteiger partial charge in [-0.15, -0.1) is 23.4 Å². The number of aromatic nitrogens is 3. The molecule has 2 unspecified atom stereocenters. The predicted octanol–water partition coefficient (Wildman–Crippen LogP) is 6.32. The zero-order valence-corrected chi connectivity index (χ0v) is 78.2. The molecule has 4 aliphatic rings. The average molecular weight is 1660 g/mol. The number of carboxylic acid groups (broad SMARTS) is 2. The Kier molecular flexibility index (Phi) is 47.0. The number of oxazole rings is 3. The third-order valence-electron chi connectivity index (χ3n) is 21.9. The molecule has 0 bridgehead atoms. The molecule has 4 aliphatic heterocycles. The van der Waals surface area contributed by atoms with Gasteiger partial charge in [0.1, 0.15) is 71.5 Å². The molecule has 3 aromatic rings. The number of aryl methyl sites for hydroxylation is 3. The molecule has 17 atom stereocenters. The van der Waals surface area contributed by atoms with Gasteiger partial charge in [0, 0.05) is 57.8 Å². The first-order valence-corrected chi connectivity index (χ1v) is 38.6. The number of ether oxygens (including phenoxy) is 4. The van der Waals surface area contributed by atoms with E-state index in [2.05, 4.69) is 51.3 Å². The molecule has 2 fully saturated rings. The summed E-state index contributed by atoms with van der Waals surface area (Å²) < 4.78 is 39.2. The number of epoxide rings is 1. The first-order chi connectivity index (χ1) is 52.5. The average Bonchev–Trinajstić information content (AvgIpc) is 1.61. The van der Waals surface area contributed by atoms with Gasteiger partial charge < -0.3 is 82.6 Å². The number of carbonyl (C=O) groups is 8. The molecule has 6 N–H and O–H groups in total. The molecule has 630 valence electrons. The largest absolute Gasteiger partial charge is 1.00 e. The molecule has 3 aromatic heterocycles. The zero-order valence-electron chi connectivity index (χ0n) is 72.0. The van der Waals surface area contributed by atoms with E-state index in [0.717, 1.165) is 60.8 Å². The van der Waals surface area contributed by atoms with Crippen LogP contribution >= 0.6 is 0 Å².